The molecule has 1 aromatic rings. The van der Waals surface area contributed by atoms with E-state index in [1.165, 1.54) is 17.8 Å². The number of rotatable bonds is 4. The van der Waals surface area contributed by atoms with Crippen molar-refractivity contribution in [2.24, 2.45) is 0 Å². The zero-order valence-electron chi connectivity index (χ0n) is 6.96. The molecule has 0 aliphatic carbocycles. The number of thiol groups is 1. The molecule has 0 nitrogen and oxygen atoms in total. The summed E-state index contributed by atoms with van der Waals surface area (Å²) in [7, 11) is 0. The molecule has 0 radical (unpaired) electrons. The third-order valence-electron chi connectivity index (χ3n) is 1.46. The van der Waals surface area contributed by atoms with Gasteiger partial charge in [0.1, 0.15) is 0 Å². The molecular weight excluding hydrogens is 210 g/mol. The van der Waals surface area contributed by atoms with Gasteiger partial charge in [-0.15, -0.1) is 11.8 Å². The van der Waals surface area contributed by atoms with E-state index in [1.807, 2.05) is 0 Å². The monoisotopic (exact) mass is 220 g/mol. The summed E-state index contributed by atoms with van der Waals surface area (Å²) in [6.07, 6.45) is 0.965. The van der Waals surface area contributed by atoms with Crippen LogP contribution in [0.1, 0.15) is 6.42 Å². The van der Waals surface area contributed by atoms with Crippen molar-refractivity contribution in [2.45, 2.75) is 11.3 Å². The van der Waals surface area contributed by atoms with Crippen molar-refractivity contribution < 1.29 is 8.78 Å². The number of halogens is 2. The molecule has 0 heterocycles. The van der Waals surface area contributed by atoms with Crippen molar-refractivity contribution in [3.05, 3.63) is 29.8 Å². The van der Waals surface area contributed by atoms with E-state index in [9.17, 15) is 8.78 Å². The zero-order chi connectivity index (χ0) is 9.68. The fraction of sp³-hybridized carbons (Fsp3) is 0.333. The average Bonchev–Trinajstić information content (AvgIpc) is 2.12. The van der Waals surface area contributed by atoms with E-state index >= 15 is 0 Å². The first-order valence-corrected chi connectivity index (χ1v) is 5.54. The number of benzene rings is 1. The Morgan fingerprint density at radius 1 is 1.23 bits per heavy atom. The van der Waals surface area contributed by atoms with Crippen LogP contribution in [0.25, 0.3) is 0 Å². The molecule has 0 saturated heterocycles. The van der Waals surface area contributed by atoms with Crippen LogP contribution in [-0.2, 0) is 0 Å². The maximum absolute atomic E-state index is 12.7. The Balaban J connectivity index is 2.53. The molecular formula is C9H10F2S2. The Morgan fingerprint density at radius 2 is 2.00 bits per heavy atom. The van der Waals surface area contributed by atoms with Gasteiger partial charge in [-0.1, -0.05) is 0 Å². The fourth-order valence-electron chi connectivity index (χ4n) is 0.821. The third-order valence-corrected chi connectivity index (χ3v) is 2.86. The predicted molar refractivity (Wildman–Crippen MR) is 55.6 cm³/mol. The van der Waals surface area contributed by atoms with Crippen molar-refractivity contribution in [3.63, 3.8) is 0 Å². The molecule has 0 aromatic heterocycles. The first-order valence-electron chi connectivity index (χ1n) is 3.93. The van der Waals surface area contributed by atoms with Crippen molar-refractivity contribution in [1.82, 2.24) is 0 Å². The maximum atomic E-state index is 12.7. The first kappa shape index (κ1) is 10.9. The van der Waals surface area contributed by atoms with Crippen molar-refractivity contribution in [3.8, 4) is 0 Å². The first-order chi connectivity index (χ1) is 6.24. The highest BCUT2D eigenvalue weighted by atomic mass is 32.2. The molecule has 0 N–H and O–H groups in total. The van der Waals surface area contributed by atoms with Gasteiger partial charge in [0.05, 0.1) is 0 Å². The number of hydrogen-bond acceptors (Lipinski definition) is 2. The average molecular weight is 220 g/mol. The van der Waals surface area contributed by atoms with Crippen LogP contribution in [0, 0.1) is 11.6 Å². The summed E-state index contributed by atoms with van der Waals surface area (Å²) in [5, 5.41) is 0. The van der Waals surface area contributed by atoms with Gasteiger partial charge >= 0.3 is 0 Å². The van der Waals surface area contributed by atoms with E-state index in [0.717, 1.165) is 28.9 Å². The second-order valence-electron chi connectivity index (χ2n) is 2.50. The van der Waals surface area contributed by atoms with E-state index in [4.69, 9.17) is 0 Å². The second kappa shape index (κ2) is 5.50. The molecule has 0 fully saturated rings. The molecule has 0 unspecified atom stereocenters. The van der Waals surface area contributed by atoms with E-state index in [1.54, 1.807) is 6.07 Å². The molecule has 72 valence electrons. The Kier molecular flexibility index (Phi) is 4.59. The Labute approximate surface area is 86.1 Å². The third kappa shape index (κ3) is 3.56. The fourth-order valence-corrected chi connectivity index (χ4v) is 2.07. The highest BCUT2D eigenvalue weighted by Gasteiger charge is 2.01. The summed E-state index contributed by atoms with van der Waals surface area (Å²) < 4.78 is 25.2. The van der Waals surface area contributed by atoms with Crippen LogP contribution in [0.15, 0.2) is 23.1 Å². The van der Waals surface area contributed by atoms with Crippen LogP contribution < -0.4 is 0 Å². The molecule has 0 atom stereocenters. The Hall–Kier alpha value is -0.220. The van der Waals surface area contributed by atoms with Gasteiger partial charge in [0, 0.05) is 4.90 Å². The van der Waals surface area contributed by atoms with Crippen LogP contribution in [0.4, 0.5) is 8.78 Å². The minimum Gasteiger partial charge on any atom is -0.204 e. The normalized spacial score (nSPS) is 10.4. The lowest BCUT2D eigenvalue weighted by Gasteiger charge is -2.00. The molecule has 4 heteroatoms. The molecule has 0 saturated carbocycles. The standard InChI is InChI=1S/C9H10F2S2/c10-8-3-2-7(6-9(8)11)13-5-1-4-12/h2-3,6,12H,1,4-5H2. The summed E-state index contributed by atoms with van der Waals surface area (Å²) in [4.78, 5) is 0.765. The predicted octanol–water partition coefficient (Wildman–Crippen LogP) is 3.38. The lowest BCUT2D eigenvalue weighted by Crippen LogP contribution is -1.85. The molecule has 13 heavy (non-hydrogen) atoms. The van der Waals surface area contributed by atoms with Crippen molar-refractivity contribution >= 4 is 24.4 Å². The number of thioether (sulfide) groups is 1. The van der Waals surface area contributed by atoms with Gasteiger partial charge in [0.15, 0.2) is 11.6 Å². The molecule has 1 aromatic carbocycles. The molecule has 0 aliphatic heterocycles. The topological polar surface area (TPSA) is 0 Å². The zero-order valence-corrected chi connectivity index (χ0v) is 8.68. The smallest absolute Gasteiger partial charge is 0.159 e. The van der Waals surface area contributed by atoms with Gasteiger partial charge < -0.3 is 0 Å². The molecule has 0 amide bonds. The molecule has 0 aliphatic rings. The quantitative estimate of drug-likeness (QED) is 0.461. The van der Waals surface area contributed by atoms with Gasteiger partial charge in [-0.3, -0.25) is 0 Å². The van der Waals surface area contributed by atoms with Gasteiger partial charge in [-0.25, -0.2) is 8.78 Å². The van der Waals surface area contributed by atoms with E-state index in [-0.39, 0.29) is 0 Å². The van der Waals surface area contributed by atoms with Gasteiger partial charge in [0.2, 0.25) is 0 Å². The van der Waals surface area contributed by atoms with E-state index in [0.29, 0.717) is 0 Å². The summed E-state index contributed by atoms with van der Waals surface area (Å²) >= 11 is 5.57. The highest BCUT2D eigenvalue weighted by molar-refractivity contribution is 7.99. The van der Waals surface area contributed by atoms with Crippen LogP contribution >= 0.6 is 24.4 Å². The SMILES string of the molecule is Fc1ccc(SCCCS)cc1F. The van der Waals surface area contributed by atoms with Gasteiger partial charge in [-0.2, -0.15) is 12.6 Å². The summed E-state index contributed by atoms with van der Waals surface area (Å²) in [5.74, 6) is 0.125. The van der Waals surface area contributed by atoms with Crippen LogP contribution in [0.5, 0.6) is 0 Å². The van der Waals surface area contributed by atoms with Gasteiger partial charge in [-0.05, 0) is 36.1 Å². The summed E-state index contributed by atoms with van der Waals surface area (Å²) in [5.41, 5.74) is 0. The molecule has 1 rings (SSSR count). The highest BCUT2D eigenvalue weighted by Crippen LogP contribution is 2.20. The Bertz CT molecular complexity index is 276. The van der Waals surface area contributed by atoms with Crippen LogP contribution in [0.3, 0.4) is 0 Å². The van der Waals surface area contributed by atoms with Crippen molar-refractivity contribution in [2.75, 3.05) is 11.5 Å². The number of hydrogen-bond donors (Lipinski definition) is 1. The van der Waals surface area contributed by atoms with Gasteiger partial charge in [0.25, 0.3) is 0 Å². The summed E-state index contributed by atoms with van der Waals surface area (Å²) in [6, 6.07) is 3.96. The minimum absolute atomic E-state index is 0.765. The largest absolute Gasteiger partial charge is 0.204 e. The maximum Gasteiger partial charge on any atom is 0.159 e. The summed E-state index contributed by atoms with van der Waals surface area (Å²) in [6.45, 7) is 0. The van der Waals surface area contributed by atoms with Crippen LogP contribution in [-0.4, -0.2) is 11.5 Å². The van der Waals surface area contributed by atoms with Crippen LogP contribution in [0.2, 0.25) is 0 Å². The Morgan fingerprint density at radius 3 is 2.62 bits per heavy atom. The minimum atomic E-state index is -0.793. The second-order valence-corrected chi connectivity index (χ2v) is 4.12. The van der Waals surface area contributed by atoms with Crippen molar-refractivity contribution in [1.29, 1.82) is 0 Å². The molecule has 0 spiro atoms. The lowest BCUT2D eigenvalue weighted by atomic mass is 10.3. The van der Waals surface area contributed by atoms with E-state index in [2.05, 4.69) is 12.6 Å². The van der Waals surface area contributed by atoms with E-state index < -0.39 is 11.6 Å². The lowest BCUT2D eigenvalue weighted by molar-refractivity contribution is 0.506. The molecule has 0 bridgehead atoms.